The molecule has 0 saturated carbocycles. The Kier molecular flexibility index (Phi) is 7.53. The fourth-order valence-corrected chi connectivity index (χ4v) is 2.60. The van der Waals surface area contributed by atoms with Gasteiger partial charge >= 0.3 is 0 Å². The zero-order valence-electron chi connectivity index (χ0n) is 15.0. The summed E-state index contributed by atoms with van der Waals surface area (Å²) in [5.41, 5.74) is 1.39. The van der Waals surface area contributed by atoms with E-state index in [1.165, 1.54) is 12.1 Å². The predicted molar refractivity (Wildman–Crippen MR) is 100 cm³/mol. The summed E-state index contributed by atoms with van der Waals surface area (Å²) in [5, 5.41) is 16.3. The number of aliphatic hydroxyl groups is 1. The number of aliphatic hydroxyl groups excluding tert-OH is 1. The average Bonchev–Trinajstić information content (AvgIpc) is 2.60. The first kappa shape index (κ1) is 19.8. The summed E-state index contributed by atoms with van der Waals surface area (Å²) in [6.07, 6.45) is -0.114. The summed E-state index contributed by atoms with van der Waals surface area (Å²) in [4.78, 5) is 4.37. The molecule has 6 heteroatoms. The van der Waals surface area contributed by atoms with Crippen molar-refractivity contribution < 1.29 is 13.9 Å². The third-order valence-electron chi connectivity index (χ3n) is 3.90. The van der Waals surface area contributed by atoms with Crippen LogP contribution in [-0.4, -0.2) is 30.3 Å². The van der Waals surface area contributed by atoms with Crippen LogP contribution >= 0.6 is 0 Å². The third kappa shape index (κ3) is 6.11. The van der Waals surface area contributed by atoms with Gasteiger partial charge in [-0.3, -0.25) is 4.99 Å². The Hall–Kier alpha value is -2.47. The standard InChI is InChI=1S/C20H25F2N3O/c1-3-23-20(24-13-17(26)11-15-7-5-4-6-8-15)25-14(2)18-10-9-16(21)12-19(18)22/h4-10,12,14,17,26H,3,11,13H2,1-2H3,(H2,23,24,25). The first-order valence-electron chi connectivity index (χ1n) is 8.71. The van der Waals surface area contributed by atoms with Crippen molar-refractivity contribution in [1.29, 1.82) is 0 Å². The zero-order chi connectivity index (χ0) is 18.9. The number of halogens is 2. The van der Waals surface area contributed by atoms with Crippen molar-refractivity contribution in [3.05, 3.63) is 71.3 Å². The molecule has 0 spiro atoms. The molecule has 0 aliphatic heterocycles. The van der Waals surface area contributed by atoms with Gasteiger partial charge in [0.05, 0.1) is 18.7 Å². The largest absolute Gasteiger partial charge is 0.391 e. The fourth-order valence-electron chi connectivity index (χ4n) is 2.60. The molecule has 0 amide bonds. The van der Waals surface area contributed by atoms with Gasteiger partial charge in [0.1, 0.15) is 11.6 Å². The maximum absolute atomic E-state index is 13.9. The first-order chi connectivity index (χ1) is 12.5. The van der Waals surface area contributed by atoms with Gasteiger partial charge in [-0.15, -0.1) is 0 Å². The van der Waals surface area contributed by atoms with Crippen LogP contribution < -0.4 is 10.6 Å². The molecule has 2 aromatic rings. The zero-order valence-corrected chi connectivity index (χ0v) is 15.0. The van der Waals surface area contributed by atoms with Crippen molar-refractivity contribution in [3.63, 3.8) is 0 Å². The van der Waals surface area contributed by atoms with E-state index in [9.17, 15) is 13.9 Å². The number of guanidine groups is 1. The van der Waals surface area contributed by atoms with Crippen molar-refractivity contribution >= 4 is 5.96 Å². The van der Waals surface area contributed by atoms with E-state index in [0.717, 1.165) is 11.6 Å². The van der Waals surface area contributed by atoms with E-state index in [0.29, 0.717) is 24.5 Å². The molecular weight excluding hydrogens is 336 g/mol. The van der Waals surface area contributed by atoms with E-state index in [4.69, 9.17) is 0 Å². The van der Waals surface area contributed by atoms with Gasteiger partial charge in [0, 0.05) is 24.6 Å². The smallest absolute Gasteiger partial charge is 0.191 e. The van der Waals surface area contributed by atoms with E-state index < -0.39 is 23.8 Å². The van der Waals surface area contributed by atoms with E-state index >= 15 is 0 Å². The second kappa shape index (κ2) is 9.87. The Morgan fingerprint density at radius 2 is 1.88 bits per heavy atom. The lowest BCUT2D eigenvalue weighted by Gasteiger charge is -2.19. The van der Waals surface area contributed by atoms with Crippen LogP contribution in [0.4, 0.5) is 8.78 Å². The van der Waals surface area contributed by atoms with E-state index in [1.807, 2.05) is 37.3 Å². The SMILES string of the molecule is CCNC(=NCC(O)Cc1ccccc1)NC(C)c1ccc(F)cc1F. The number of nitrogens with one attached hydrogen (secondary N) is 2. The van der Waals surface area contributed by atoms with Crippen LogP contribution in [0.1, 0.15) is 31.0 Å². The van der Waals surface area contributed by atoms with Gasteiger partial charge in [-0.25, -0.2) is 8.78 Å². The Bertz CT molecular complexity index is 722. The lowest BCUT2D eigenvalue weighted by molar-refractivity contribution is 0.183. The second-order valence-electron chi connectivity index (χ2n) is 6.10. The predicted octanol–water partition coefficient (Wildman–Crippen LogP) is 3.18. The minimum absolute atomic E-state index is 0.211. The van der Waals surface area contributed by atoms with Crippen molar-refractivity contribution in [1.82, 2.24) is 10.6 Å². The summed E-state index contributed by atoms with van der Waals surface area (Å²) in [7, 11) is 0. The van der Waals surface area contributed by atoms with Gasteiger partial charge < -0.3 is 15.7 Å². The van der Waals surface area contributed by atoms with Gasteiger partial charge in [-0.1, -0.05) is 36.4 Å². The molecule has 0 saturated heterocycles. The molecule has 2 unspecified atom stereocenters. The number of rotatable bonds is 7. The lowest BCUT2D eigenvalue weighted by Crippen LogP contribution is -2.39. The highest BCUT2D eigenvalue weighted by atomic mass is 19.1. The second-order valence-corrected chi connectivity index (χ2v) is 6.10. The molecule has 140 valence electrons. The summed E-state index contributed by atoms with van der Waals surface area (Å²) in [5.74, 6) is -0.746. The number of benzene rings is 2. The van der Waals surface area contributed by atoms with Crippen LogP contribution in [0.25, 0.3) is 0 Å². The van der Waals surface area contributed by atoms with Gasteiger partial charge in [-0.05, 0) is 25.5 Å². The maximum Gasteiger partial charge on any atom is 0.191 e. The number of hydrogen-bond donors (Lipinski definition) is 3. The molecule has 0 heterocycles. The van der Waals surface area contributed by atoms with Crippen LogP contribution in [-0.2, 0) is 6.42 Å². The first-order valence-corrected chi connectivity index (χ1v) is 8.71. The molecule has 0 fully saturated rings. The highest BCUT2D eigenvalue weighted by Crippen LogP contribution is 2.17. The number of aliphatic imine (C=N–C) groups is 1. The highest BCUT2D eigenvalue weighted by Gasteiger charge is 2.13. The maximum atomic E-state index is 13.9. The van der Waals surface area contributed by atoms with E-state index in [2.05, 4.69) is 15.6 Å². The molecular formula is C20H25F2N3O. The molecule has 2 atom stereocenters. The van der Waals surface area contributed by atoms with Gasteiger partial charge in [0.15, 0.2) is 5.96 Å². The third-order valence-corrected chi connectivity index (χ3v) is 3.90. The van der Waals surface area contributed by atoms with Crippen LogP contribution in [0, 0.1) is 11.6 Å². The monoisotopic (exact) mass is 361 g/mol. The molecule has 0 aromatic heterocycles. The number of nitrogens with zero attached hydrogens (tertiary/aromatic N) is 1. The van der Waals surface area contributed by atoms with Gasteiger partial charge in [-0.2, -0.15) is 0 Å². The molecule has 26 heavy (non-hydrogen) atoms. The summed E-state index contributed by atoms with van der Waals surface area (Å²) in [6.45, 7) is 4.52. The molecule has 0 radical (unpaired) electrons. The molecule has 0 aliphatic carbocycles. The van der Waals surface area contributed by atoms with Crippen molar-refractivity contribution in [2.45, 2.75) is 32.4 Å². The molecule has 2 rings (SSSR count). The van der Waals surface area contributed by atoms with E-state index in [-0.39, 0.29) is 6.54 Å². The van der Waals surface area contributed by atoms with E-state index in [1.54, 1.807) is 6.92 Å². The quantitative estimate of drug-likeness (QED) is 0.524. The Morgan fingerprint density at radius 1 is 1.15 bits per heavy atom. The normalized spacial score (nSPS) is 14.0. The summed E-state index contributed by atoms with van der Waals surface area (Å²) in [6, 6.07) is 12.8. The molecule has 2 aromatic carbocycles. The van der Waals surface area contributed by atoms with Crippen LogP contribution in [0.2, 0.25) is 0 Å². The Morgan fingerprint density at radius 3 is 2.54 bits per heavy atom. The fraction of sp³-hybridized carbons (Fsp3) is 0.350. The van der Waals surface area contributed by atoms with Crippen LogP contribution in [0.5, 0.6) is 0 Å². The number of hydrogen-bond acceptors (Lipinski definition) is 2. The molecule has 0 aliphatic rings. The molecule has 3 N–H and O–H groups in total. The Labute approximate surface area is 153 Å². The van der Waals surface area contributed by atoms with Crippen molar-refractivity contribution in [2.75, 3.05) is 13.1 Å². The highest BCUT2D eigenvalue weighted by molar-refractivity contribution is 5.80. The van der Waals surface area contributed by atoms with Gasteiger partial charge in [0.25, 0.3) is 0 Å². The minimum atomic E-state index is -0.620. The lowest BCUT2D eigenvalue weighted by atomic mass is 10.1. The van der Waals surface area contributed by atoms with Crippen molar-refractivity contribution in [3.8, 4) is 0 Å². The van der Waals surface area contributed by atoms with Crippen molar-refractivity contribution in [2.24, 2.45) is 4.99 Å². The summed E-state index contributed by atoms with van der Waals surface area (Å²) >= 11 is 0. The Balaban J connectivity index is 1.99. The minimum Gasteiger partial charge on any atom is -0.391 e. The van der Waals surface area contributed by atoms with Gasteiger partial charge in [0.2, 0.25) is 0 Å². The molecule has 0 bridgehead atoms. The molecule has 4 nitrogen and oxygen atoms in total. The average molecular weight is 361 g/mol. The topological polar surface area (TPSA) is 56.7 Å². The van der Waals surface area contributed by atoms with Crippen LogP contribution in [0.15, 0.2) is 53.5 Å². The summed E-state index contributed by atoms with van der Waals surface area (Å²) < 4.78 is 27.0. The van der Waals surface area contributed by atoms with Crippen LogP contribution in [0.3, 0.4) is 0 Å².